The minimum absolute atomic E-state index is 0.114. The summed E-state index contributed by atoms with van der Waals surface area (Å²) in [6, 6.07) is 9.43. The molecule has 0 bridgehead atoms. The van der Waals surface area contributed by atoms with Crippen LogP contribution >= 0.6 is 0 Å². The fourth-order valence-corrected chi connectivity index (χ4v) is 3.98. The van der Waals surface area contributed by atoms with Crippen LogP contribution < -0.4 is 0 Å². The Labute approximate surface area is 124 Å². The van der Waals surface area contributed by atoms with Crippen LogP contribution in [0.25, 0.3) is 11.4 Å². The highest BCUT2D eigenvalue weighted by Gasteiger charge is 2.36. The maximum Gasteiger partial charge on any atom is 0.214 e. The average Bonchev–Trinajstić information content (AvgIpc) is 3.17. The van der Waals surface area contributed by atoms with Gasteiger partial charge in [-0.3, -0.25) is 5.10 Å². The van der Waals surface area contributed by atoms with Crippen LogP contribution in [0.3, 0.4) is 0 Å². The van der Waals surface area contributed by atoms with Crippen molar-refractivity contribution in [2.24, 2.45) is 0 Å². The number of hydrogen-bond acceptors (Lipinski definition) is 4. The van der Waals surface area contributed by atoms with Crippen molar-refractivity contribution >= 4 is 10.0 Å². The number of nitrogens with one attached hydrogen (secondary N) is 1. The first-order valence-electron chi connectivity index (χ1n) is 7.09. The quantitative estimate of drug-likeness (QED) is 0.936. The van der Waals surface area contributed by atoms with E-state index in [4.69, 9.17) is 0 Å². The highest BCUT2D eigenvalue weighted by molar-refractivity contribution is 7.89. The Hall–Kier alpha value is -1.73. The largest absolute Gasteiger partial charge is 0.261 e. The molecular weight excluding hydrogens is 288 g/mol. The first kappa shape index (κ1) is 14.2. The Kier molecular flexibility index (Phi) is 3.77. The molecule has 1 fully saturated rings. The van der Waals surface area contributed by atoms with Gasteiger partial charge in [0.25, 0.3) is 0 Å². The smallest absolute Gasteiger partial charge is 0.214 e. The summed E-state index contributed by atoms with van der Waals surface area (Å²) >= 11 is 0. The molecule has 0 saturated carbocycles. The van der Waals surface area contributed by atoms with Gasteiger partial charge < -0.3 is 0 Å². The van der Waals surface area contributed by atoms with Gasteiger partial charge in [-0.05, 0) is 19.8 Å². The van der Waals surface area contributed by atoms with E-state index in [2.05, 4.69) is 15.2 Å². The van der Waals surface area contributed by atoms with Gasteiger partial charge in [0, 0.05) is 12.1 Å². The molecule has 21 heavy (non-hydrogen) atoms. The Morgan fingerprint density at radius 2 is 2.10 bits per heavy atom. The lowest BCUT2D eigenvalue weighted by Crippen LogP contribution is -2.32. The highest BCUT2D eigenvalue weighted by atomic mass is 32.2. The van der Waals surface area contributed by atoms with Gasteiger partial charge in [0.1, 0.15) is 5.82 Å². The van der Waals surface area contributed by atoms with E-state index in [0.29, 0.717) is 18.2 Å². The van der Waals surface area contributed by atoms with Crippen LogP contribution in [0.1, 0.15) is 31.6 Å². The van der Waals surface area contributed by atoms with Crippen LogP contribution in [-0.4, -0.2) is 40.2 Å². The van der Waals surface area contributed by atoms with Gasteiger partial charge >= 0.3 is 0 Å². The van der Waals surface area contributed by atoms with Crippen LogP contribution in [0.5, 0.6) is 0 Å². The van der Waals surface area contributed by atoms with Crippen LogP contribution in [0.2, 0.25) is 0 Å². The van der Waals surface area contributed by atoms with E-state index in [0.717, 1.165) is 18.4 Å². The van der Waals surface area contributed by atoms with Crippen molar-refractivity contribution in [3.8, 4) is 11.4 Å². The van der Waals surface area contributed by atoms with Crippen molar-refractivity contribution in [3.63, 3.8) is 0 Å². The van der Waals surface area contributed by atoms with E-state index in [1.54, 1.807) is 11.2 Å². The summed E-state index contributed by atoms with van der Waals surface area (Å²) in [6.07, 6.45) is 1.63. The number of nitrogens with zero attached hydrogens (tertiary/aromatic N) is 3. The number of aromatic nitrogens is 3. The molecule has 3 rings (SSSR count). The fourth-order valence-electron chi connectivity index (χ4n) is 2.65. The zero-order chi connectivity index (χ0) is 14.9. The Bertz CT molecular complexity index is 712. The number of rotatable bonds is 4. The van der Waals surface area contributed by atoms with E-state index in [1.807, 2.05) is 30.3 Å². The zero-order valence-corrected chi connectivity index (χ0v) is 12.7. The van der Waals surface area contributed by atoms with Crippen LogP contribution in [-0.2, 0) is 10.0 Å². The molecule has 1 aliphatic rings. The maximum absolute atomic E-state index is 12.1. The normalized spacial score (nSPS) is 20.0. The molecule has 1 aromatic heterocycles. The van der Waals surface area contributed by atoms with Crippen molar-refractivity contribution < 1.29 is 8.42 Å². The molecule has 0 radical (unpaired) electrons. The summed E-state index contributed by atoms with van der Waals surface area (Å²) < 4.78 is 25.8. The lowest BCUT2D eigenvalue weighted by Gasteiger charge is -2.21. The zero-order valence-electron chi connectivity index (χ0n) is 11.9. The van der Waals surface area contributed by atoms with E-state index < -0.39 is 10.0 Å². The minimum atomic E-state index is -3.21. The van der Waals surface area contributed by atoms with Gasteiger partial charge in [0.2, 0.25) is 10.0 Å². The third-order valence-electron chi connectivity index (χ3n) is 3.78. The highest BCUT2D eigenvalue weighted by Crippen LogP contribution is 2.33. The molecule has 1 aliphatic heterocycles. The SMILES string of the molecule is CCS(=O)(=O)N1CCCC1c1nc(-c2ccccc2)n[nH]1. The van der Waals surface area contributed by atoms with Crippen molar-refractivity contribution in [1.29, 1.82) is 0 Å². The predicted octanol–water partition coefficient (Wildman–Crippen LogP) is 1.96. The molecule has 1 N–H and O–H groups in total. The average molecular weight is 306 g/mol. The van der Waals surface area contributed by atoms with Crippen molar-refractivity contribution in [2.45, 2.75) is 25.8 Å². The van der Waals surface area contributed by atoms with Gasteiger partial charge in [-0.25, -0.2) is 13.4 Å². The third-order valence-corrected chi connectivity index (χ3v) is 5.66. The number of benzene rings is 1. The number of hydrogen-bond donors (Lipinski definition) is 1. The van der Waals surface area contributed by atoms with Gasteiger partial charge in [0.15, 0.2) is 5.82 Å². The minimum Gasteiger partial charge on any atom is -0.261 e. The van der Waals surface area contributed by atoms with E-state index in [9.17, 15) is 8.42 Å². The van der Waals surface area contributed by atoms with Crippen LogP contribution in [0, 0.1) is 0 Å². The van der Waals surface area contributed by atoms with Crippen LogP contribution in [0.15, 0.2) is 30.3 Å². The van der Waals surface area contributed by atoms with Crippen molar-refractivity contribution in [1.82, 2.24) is 19.5 Å². The molecule has 2 aromatic rings. The van der Waals surface area contributed by atoms with Crippen LogP contribution in [0.4, 0.5) is 0 Å². The Morgan fingerprint density at radius 3 is 2.81 bits per heavy atom. The first-order valence-corrected chi connectivity index (χ1v) is 8.70. The predicted molar refractivity (Wildman–Crippen MR) is 80.0 cm³/mol. The molecule has 1 unspecified atom stereocenters. The van der Waals surface area contributed by atoms with Crippen molar-refractivity contribution in [2.75, 3.05) is 12.3 Å². The van der Waals surface area contributed by atoms with Gasteiger partial charge in [-0.2, -0.15) is 9.40 Å². The number of aromatic amines is 1. The summed E-state index contributed by atoms with van der Waals surface area (Å²) in [6.45, 7) is 2.22. The monoisotopic (exact) mass is 306 g/mol. The molecule has 1 saturated heterocycles. The standard InChI is InChI=1S/C14H18N4O2S/c1-2-21(19,20)18-10-6-9-12(18)14-15-13(16-17-14)11-7-4-3-5-8-11/h3-5,7-8,12H,2,6,9-10H2,1H3,(H,15,16,17). The molecule has 0 amide bonds. The maximum atomic E-state index is 12.1. The second kappa shape index (κ2) is 5.57. The topological polar surface area (TPSA) is 79.0 Å². The van der Waals surface area contributed by atoms with Crippen molar-refractivity contribution in [3.05, 3.63) is 36.2 Å². The molecular formula is C14H18N4O2S. The first-order chi connectivity index (χ1) is 10.1. The summed E-state index contributed by atoms with van der Waals surface area (Å²) in [5, 5.41) is 7.12. The Morgan fingerprint density at radius 1 is 1.33 bits per heavy atom. The molecule has 1 aromatic carbocycles. The molecule has 0 spiro atoms. The second-order valence-corrected chi connectivity index (χ2v) is 7.29. The number of sulfonamides is 1. The van der Waals surface area contributed by atoms with Gasteiger partial charge in [-0.1, -0.05) is 30.3 Å². The molecule has 6 nitrogen and oxygen atoms in total. The lowest BCUT2D eigenvalue weighted by molar-refractivity contribution is 0.385. The lowest BCUT2D eigenvalue weighted by atomic mass is 10.2. The second-order valence-electron chi connectivity index (χ2n) is 5.08. The van der Waals surface area contributed by atoms with Gasteiger partial charge in [0.05, 0.1) is 11.8 Å². The Balaban J connectivity index is 1.90. The summed E-state index contributed by atoms with van der Waals surface area (Å²) in [5.41, 5.74) is 0.919. The third kappa shape index (κ3) is 2.71. The molecule has 1 atom stereocenters. The molecule has 7 heteroatoms. The molecule has 112 valence electrons. The van der Waals surface area contributed by atoms with E-state index in [-0.39, 0.29) is 11.8 Å². The number of H-pyrrole nitrogens is 1. The van der Waals surface area contributed by atoms with Gasteiger partial charge in [-0.15, -0.1) is 0 Å². The van der Waals surface area contributed by atoms with E-state index in [1.165, 1.54) is 0 Å². The summed E-state index contributed by atoms with van der Waals surface area (Å²) in [7, 11) is -3.21. The fraction of sp³-hybridized carbons (Fsp3) is 0.429. The summed E-state index contributed by atoms with van der Waals surface area (Å²) in [5.74, 6) is 1.35. The molecule has 0 aliphatic carbocycles. The van der Waals surface area contributed by atoms with E-state index >= 15 is 0 Å². The molecule has 2 heterocycles. The summed E-state index contributed by atoms with van der Waals surface area (Å²) in [4.78, 5) is 4.49.